The first kappa shape index (κ1) is 16.1. The normalized spacial score (nSPS) is 12.6. The van der Waals surface area contributed by atoms with Crippen LogP contribution in [0.25, 0.3) is 0 Å². The highest BCUT2D eigenvalue weighted by atomic mass is 16.6. The van der Waals surface area contributed by atoms with Crippen molar-refractivity contribution in [2.75, 3.05) is 5.32 Å². The van der Waals surface area contributed by atoms with E-state index < -0.39 is 6.09 Å². The lowest BCUT2D eigenvalue weighted by Crippen LogP contribution is -2.33. The Balaban J connectivity index is 2.73. The molecule has 1 rings (SSSR count). The molecule has 1 heterocycles. The van der Waals surface area contributed by atoms with E-state index in [0.717, 1.165) is 12.8 Å². The second-order valence-corrected chi connectivity index (χ2v) is 5.73. The third kappa shape index (κ3) is 4.64. The Bertz CT molecular complexity index is 466. The predicted octanol–water partition coefficient (Wildman–Crippen LogP) is 3.66. The number of rotatable bonds is 5. The molecule has 1 aromatic rings. The zero-order chi connectivity index (χ0) is 15.2. The zero-order valence-electron chi connectivity index (χ0n) is 12.5. The van der Waals surface area contributed by atoms with E-state index in [9.17, 15) is 9.59 Å². The van der Waals surface area contributed by atoms with Crippen LogP contribution in [-0.2, 0) is 4.74 Å². The third-order valence-electron chi connectivity index (χ3n) is 2.95. The molecule has 1 atom stereocenters. The fourth-order valence-electron chi connectivity index (χ4n) is 1.82. The van der Waals surface area contributed by atoms with Gasteiger partial charge in [-0.05, 0) is 24.0 Å². The summed E-state index contributed by atoms with van der Waals surface area (Å²) in [5, 5.41) is 2.57. The van der Waals surface area contributed by atoms with Gasteiger partial charge in [-0.3, -0.25) is 15.1 Å². The number of carbonyl (C=O) groups is 2. The van der Waals surface area contributed by atoms with Gasteiger partial charge < -0.3 is 4.74 Å². The van der Waals surface area contributed by atoms with Crippen LogP contribution >= 0.6 is 0 Å². The van der Waals surface area contributed by atoms with Crippen molar-refractivity contribution in [3.05, 3.63) is 24.0 Å². The van der Waals surface area contributed by atoms with Crippen LogP contribution in [0.5, 0.6) is 0 Å². The quantitative estimate of drug-likeness (QED) is 0.835. The van der Waals surface area contributed by atoms with Gasteiger partial charge in [0.05, 0.1) is 5.69 Å². The van der Waals surface area contributed by atoms with Crippen LogP contribution in [0.15, 0.2) is 18.3 Å². The van der Waals surface area contributed by atoms with Gasteiger partial charge >= 0.3 is 6.09 Å². The number of nitrogens with one attached hydrogen (secondary N) is 1. The third-order valence-corrected chi connectivity index (χ3v) is 2.95. The van der Waals surface area contributed by atoms with E-state index in [0.29, 0.717) is 12.0 Å². The first-order valence-corrected chi connectivity index (χ1v) is 6.76. The maximum Gasteiger partial charge on any atom is 0.411 e. The maximum atomic E-state index is 11.9. The number of anilines is 1. The highest BCUT2D eigenvalue weighted by Gasteiger charge is 2.27. The van der Waals surface area contributed by atoms with Gasteiger partial charge in [-0.25, -0.2) is 4.79 Å². The lowest BCUT2D eigenvalue weighted by molar-refractivity contribution is 0.0337. The smallest absolute Gasteiger partial charge is 0.411 e. The van der Waals surface area contributed by atoms with Gasteiger partial charge in [0.1, 0.15) is 11.8 Å². The molecule has 0 aliphatic heterocycles. The summed E-state index contributed by atoms with van der Waals surface area (Å²) in [4.78, 5) is 26.6. The van der Waals surface area contributed by atoms with E-state index in [1.165, 1.54) is 6.20 Å². The fourth-order valence-corrected chi connectivity index (χ4v) is 1.82. The molecule has 0 bridgehead atoms. The first-order chi connectivity index (χ1) is 9.38. The highest BCUT2D eigenvalue weighted by molar-refractivity contribution is 5.91. The van der Waals surface area contributed by atoms with E-state index in [1.54, 1.807) is 12.1 Å². The summed E-state index contributed by atoms with van der Waals surface area (Å²) >= 11 is 0. The number of aromatic nitrogens is 1. The maximum absolute atomic E-state index is 11.9. The van der Waals surface area contributed by atoms with Crippen molar-refractivity contribution in [1.82, 2.24) is 4.98 Å². The summed E-state index contributed by atoms with van der Waals surface area (Å²) in [6.07, 6.45) is 3.09. The molecule has 0 aromatic carbocycles. The Morgan fingerprint density at radius 3 is 2.75 bits per heavy atom. The first-order valence-electron chi connectivity index (χ1n) is 6.76. The van der Waals surface area contributed by atoms with Gasteiger partial charge in [-0.15, -0.1) is 0 Å². The summed E-state index contributed by atoms with van der Waals surface area (Å²) in [7, 11) is 0. The number of hydrogen-bond donors (Lipinski definition) is 1. The standard InChI is InChI=1S/C15H22N2O3/c1-5-7-13(15(2,3)4)20-14(19)17-11-8-6-9-16-12(11)10-18/h6,8-10,13H,5,7H2,1-4H3,(H,17,19). The highest BCUT2D eigenvalue weighted by Crippen LogP contribution is 2.26. The van der Waals surface area contributed by atoms with E-state index in [4.69, 9.17) is 4.74 Å². The molecule has 0 saturated carbocycles. The molecule has 1 amide bonds. The summed E-state index contributed by atoms with van der Waals surface area (Å²) in [6, 6.07) is 3.26. The van der Waals surface area contributed by atoms with Gasteiger partial charge in [0.2, 0.25) is 0 Å². The summed E-state index contributed by atoms with van der Waals surface area (Å²) < 4.78 is 5.47. The van der Waals surface area contributed by atoms with Gasteiger partial charge in [0.25, 0.3) is 0 Å². The van der Waals surface area contributed by atoms with Crippen LogP contribution < -0.4 is 5.32 Å². The number of amides is 1. The second kappa shape index (κ2) is 7.03. The molecule has 20 heavy (non-hydrogen) atoms. The molecule has 0 aliphatic rings. The molecule has 0 saturated heterocycles. The molecule has 1 N–H and O–H groups in total. The molecule has 1 unspecified atom stereocenters. The Hall–Kier alpha value is -1.91. The molecule has 0 aliphatic carbocycles. The van der Waals surface area contributed by atoms with Gasteiger partial charge in [0, 0.05) is 6.20 Å². The minimum atomic E-state index is -0.561. The molecule has 0 radical (unpaired) electrons. The zero-order valence-corrected chi connectivity index (χ0v) is 12.5. The van der Waals surface area contributed by atoms with Gasteiger partial charge in [-0.2, -0.15) is 0 Å². The Kier molecular flexibility index (Phi) is 5.67. The lowest BCUT2D eigenvalue weighted by Gasteiger charge is -2.30. The summed E-state index contributed by atoms with van der Waals surface area (Å²) in [5.74, 6) is 0. The van der Waals surface area contributed by atoms with Gasteiger partial charge in [0.15, 0.2) is 6.29 Å². The SMILES string of the molecule is CCCC(OC(=O)Nc1cccnc1C=O)C(C)(C)C. The van der Waals surface area contributed by atoms with Crippen molar-refractivity contribution < 1.29 is 14.3 Å². The summed E-state index contributed by atoms with van der Waals surface area (Å²) in [5.41, 5.74) is 0.416. The Morgan fingerprint density at radius 2 is 2.20 bits per heavy atom. The number of hydrogen-bond acceptors (Lipinski definition) is 4. The van der Waals surface area contributed by atoms with Crippen LogP contribution in [-0.4, -0.2) is 23.5 Å². The number of nitrogens with zero attached hydrogens (tertiary/aromatic N) is 1. The average molecular weight is 278 g/mol. The van der Waals surface area contributed by atoms with Gasteiger partial charge in [-0.1, -0.05) is 34.1 Å². The van der Waals surface area contributed by atoms with Crippen LogP contribution in [0, 0.1) is 5.41 Å². The molecular formula is C15H22N2O3. The molecule has 5 heteroatoms. The Labute approximate surface area is 119 Å². The minimum Gasteiger partial charge on any atom is -0.445 e. The number of aldehydes is 1. The number of ether oxygens (including phenoxy) is 1. The van der Waals surface area contributed by atoms with E-state index in [2.05, 4.69) is 10.3 Å². The molecule has 1 aromatic heterocycles. The van der Waals surface area contributed by atoms with Crippen LogP contribution in [0.3, 0.4) is 0 Å². The van der Waals surface area contributed by atoms with Crippen LogP contribution in [0.1, 0.15) is 51.0 Å². The van der Waals surface area contributed by atoms with Crippen LogP contribution in [0.2, 0.25) is 0 Å². The fraction of sp³-hybridized carbons (Fsp3) is 0.533. The molecular weight excluding hydrogens is 256 g/mol. The second-order valence-electron chi connectivity index (χ2n) is 5.73. The monoisotopic (exact) mass is 278 g/mol. The summed E-state index contributed by atoms with van der Waals surface area (Å²) in [6.45, 7) is 8.14. The topological polar surface area (TPSA) is 68.3 Å². The van der Waals surface area contributed by atoms with Crippen molar-refractivity contribution in [1.29, 1.82) is 0 Å². The van der Waals surface area contributed by atoms with Crippen molar-refractivity contribution in [3.8, 4) is 0 Å². The average Bonchev–Trinajstić information content (AvgIpc) is 2.37. The van der Waals surface area contributed by atoms with Crippen LogP contribution in [0.4, 0.5) is 10.5 Å². The predicted molar refractivity (Wildman–Crippen MR) is 77.9 cm³/mol. The molecule has 0 spiro atoms. The number of carbonyl (C=O) groups excluding carboxylic acids is 2. The molecule has 110 valence electrons. The lowest BCUT2D eigenvalue weighted by atomic mass is 9.86. The van der Waals surface area contributed by atoms with Crippen molar-refractivity contribution in [2.24, 2.45) is 5.41 Å². The van der Waals surface area contributed by atoms with E-state index in [-0.39, 0.29) is 17.2 Å². The van der Waals surface area contributed by atoms with Crippen molar-refractivity contribution in [2.45, 2.75) is 46.6 Å². The van der Waals surface area contributed by atoms with E-state index in [1.807, 2.05) is 27.7 Å². The largest absolute Gasteiger partial charge is 0.445 e. The van der Waals surface area contributed by atoms with E-state index >= 15 is 0 Å². The molecule has 5 nitrogen and oxygen atoms in total. The Morgan fingerprint density at radius 1 is 1.50 bits per heavy atom. The number of pyridine rings is 1. The molecule has 0 fully saturated rings. The van der Waals surface area contributed by atoms with Crippen molar-refractivity contribution >= 4 is 18.1 Å². The van der Waals surface area contributed by atoms with Crippen molar-refractivity contribution in [3.63, 3.8) is 0 Å². The minimum absolute atomic E-state index is 0.129.